The first-order valence-corrected chi connectivity index (χ1v) is 9.62. The molecule has 0 aliphatic heterocycles. The van der Waals surface area contributed by atoms with E-state index in [2.05, 4.69) is 26.5 Å². The predicted molar refractivity (Wildman–Crippen MR) is 81.2 cm³/mol. The summed E-state index contributed by atoms with van der Waals surface area (Å²) in [6.45, 7) is 3.27. The van der Waals surface area contributed by atoms with Crippen LogP contribution in [-0.4, -0.2) is 42.7 Å². The average Bonchev–Trinajstić information content (AvgIpc) is 3.04. The number of hydrogen-bond acceptors (Lipinski definition) is 5. The molecule has 2 rings (SSSR count). The second-order valence-electron chi connectivity index (χ2n) is 4.99. The molecule has 0 bridgehead atoms. The molecule has 3 N–H and O–H groups in total. The number of aromatic nitrogens is 2. The Hall–Kier alpha value is -0.570. The highest BCUT2D eigenvalue weighted by atomic mass is 32.2. The van der Waals surface area contributed by atoms with Crippen LogP contribution >= 0.6 is 11.8 Å². The van der Waals surface area contributed by atoms with Crippen LogP contribution in [0.15, 0.2) is 11.2 Å². The van der Waals surface area contributed by atoms with Crippen molar-refractivity contribution in [1.82, 2.24) is 20.2 Å². The van der Waals surface area contributed by atoms with Gasteiger partial charge < -0.3 is 5.32 Å². The molecule has 2 atom stereocenters. The predicted octanol–water partition coefficient (Wildman–Crippen LogP) is 1.08. The fourth-order valence-electron chi connectivity index (χ4n) is 2.46. The van der Waals surface area contributed by atoms with Gasteiger partial charge in [-0.25, -0.2) is 13.1 Å². The fourth-order valence-corrected chi connectivity index (χ4v) is 4.67. The van der Waals surface area contributed by atoms with Crippen LogP contribution in [0.3, 0.4) is 0 Å². The quantitative estimate of drug-likeness (QED) is 0.700. The van der Waals surface area contributed by atoms with Crippen LogP contribution < -0.4 is 10.0 Å². The lowest BCUT2D eigenvalue weighted by molar-refractivity contribution is 0.547. The van der Waals surface area contributed by atoms with Crippen LogP contribution in [0, 0.1) is 0 Å². The maximum absolute atomic E-state index is 12.4. The van der Waals surface area contributed by atoms with Crippen LogP contribution in [0.1, 0.15) is 31.7 Å². The van der Waals surface area contributed by atoms with E-state index in [4.69, 9.17) is 0 Å². The Morgan fingerprint density at radius 1 is 1.50 bits per heavy atom. The average molecular weight is 318 g/mol. The van der Waals surface area contributed by atoms with Gasteiger partial charge >= 0.3 is 0 Å². The highest BCUT2D eigenvalue weighted by Crippen LogP contribution is 2.29. The van der Waals surface area contributed by atoms with Crippen LogP contribution in [-0.2, 0) is 16.6 Å². The highest BCUT2D eigenvalue weighted by Gasteiger charge is 2.30. The molecule has 1 aromatic heterocycles. The van der Waals surface area contributed by atoms with Gasteiger partial charge in [0.05, 0.1) is 6.20 Å². The molecule has 1 saturated carbocycles. The Morgan fingerprint density at radius 3 is 2.95 bits per heavy atom. The normalized spacial score (nSPS) is 23.3. The first kappa shape index (κ1) is 15.8. The molecule has 114 valence electrons. The number of rotatable bonds is 7. The van der Waals surface area contributed by atoms with Crippen LogP contribution in [0.25, 0.3) is 0 Å². The Kier molecular flexibility index (Phi) is 5.48. The monoisotopic (exact) mass is 318 g/mol. The summed E-state index contributed by atoms with van der Waals surface area (Å²) in [7, 11) is -3.51. The van der Waals surface area contributed by atoms with E-state index < -0.39 is 10.0 Å². The third-order valence-corrected chi connectivity index (χ3v) is 6.18. The number of H-pyrrole nitrogens is 1. The number of thioether (sulfide) groups is 1. The number of hydrogen-bond donors (Lipinski definition) is 3. The van der Waals surface area contributed by atoms with Gasteiger partial charge in [-0.05, 0) is 32.1 Å². The lowest BCUT2D eigenvalue weighted by Gasteiger charge is -2.13. The largest absolute Gasteiger partial charge is 0.313 e. The maximum atomic E-state index is 12.4. The molecule has 0 spiro atoms. The number of aromatic amines is 1. The summed E-state index contributed by atoms with van der Waals surface area (Å²) in [5, 5.41) is 10.3. The standard InChI is InChI=1S/C12H22N4O2S2/c1-3-13-7-9-8-14-15-12(9)20(17,18)16-10-4-5-11(6-10)19-2/h8,10-11,13,16H,3-7H2,1-2H3,(H,14,15). The first-order chi connectivity index (χ1) is 9.56. The third-order valence-electron chi connectivity index (χ3n) is 3.55. The van der Waals surface area contributed by atoms with E-state index in [0.29, 0.717) is 17.4 Å². The minimum atomic E-state index is -3.51. The summed E-state index contributed by atoms with van der Waals surface area (Å²) >= 11 is 1.81. The second-order valence-corrected chi connectivity index (χ2v) is 7.78. The molecule has 20 heavy (non-hydrogen) atoms. The molecular weight excluding hydrogens is 296 g/mol. The van der Waals surface area contributed by atoms with Gasteiger partial charge in [0.2, 0.25) is 0 Å². The summed E-state index contributed by atoms with van der Waals surface area (Å²) in [4.78, 5) is 0. The number of nitrogens with one attached hydrogen (secondary N) is 3. The van der Waals surface area contributed by atoms with Crippen molar-refractivity contribution in [2.24, 2.45) is 0 Å². The molecule has 0 aromatic carbocycles. The van der Waals surface area contributed by atoms with E-state index in [-0.39, 0.29) is 11.1 Å². The summed E-state index contributed by atoms with van der Waals surface area (Å²) < 4.78 is 27.6. The molecule has 2 unspecified atom stereocenters. The molecule has 0 radical (unpaired) electrons. The SMILES string of the molecule is CCNCc1cn[nH]c1S(=O)(=O)NC1CCC(SC)C1. The second kappa shape index (κ2) is 6.93. The first-order valence-electron chi connectivity index (χ1n) is 6.85. The number of nitrogens with zero attached hydrogens (tertiary/aromatic N) is 1. The third kappa shape index (κ3) is 3.75. The van der Waals surface area contributed by atoms with Gasteiger partial charge in [0.15, 0.2) is 5.03 Å². The summed E-state index contributed by atoms with van der Waals surface area (Å²) in [5.41, 5.74) is 0.679. The summed E-state index contributed by atoms with van der Waals surface area (Å²) in [5.74, 6) is 0. The van der Waals surface area contributed by atoms with Crippen LogP contribution in [0.4, 0.5) is 0 Å². The molecule has 1 fully saturated rings. The van der Waals surface area contributed by atoms with Gasteiger partial charge in [-0.15, -0.1) is 0 Å². The summed E-state index contributed by atoms with van der Waals surface area (Å²) in [6.07, 6.45) is 6.52. The van der Waals surface area contributed by atoms with Crippen molar-refractivity contribution in [2.75, 3.05) is 12.8 Å². The minimum Gasteiger partial charge on any atom is -0.313 e. The van der Waals surface area contributed by atoms with Gasteiger partial charge in [-0.1, -0.05) is 6.92 Å². The van der Waals surface area contributed by atoms with Crippen LogP contribution in [0.5, 0.6) is 0 Å². The lowest BCUT2D eigenvalue weighted by atomic mass is 10.3. The maximum Gasteiger partial charge on any atom is 0.258 e. The van der Waals surface area contributed by atoms with E-state index in [0.717, 1.165) is 25.8 Å². The zero-order valence-electron chi connectivity index (χ0n) is 11.8. The van der Waals surface area contributed by atoms with Gasteiger partial charge in [0.25, 0.3) is 10.0 Å². The van der Waals surface area contributed by atoms with E-state index in [1.165, 1.54) is 0 Å². The zero-order valence-corrected chi connectivity index (χ0v) is 13.5. The Labute approximate surface area is 124 Å². The molecular formula is C12H22N4O2S2. The Bertz CT molecular complexity index is 529. The van der Waals surface area contributed by atoms with Crippen molar-refractivity contribution < 1.29 is 8.42 Å². The topological polar surface area (TPSA) is 86.9 Å². The van der Waals surface area contributed by atoms with Crippen molar-refractivity contribution in [3.8, 4) is 0 Å². The Balaban J connectivity index is 2.05. The molecule has 1 aromatic rings. The van der Waals surface area contributed by atoms with E-state index in [1.807, 2.05) is 18.7 Å². The van der Waals surface area contributed by atoms with Crippen molar-refractivity contribution in [3.63, 3.8) is 0 Å². The fraction of sp³-hybridized carbons (Fsp3) is 0.750. The molecule has 8 heteroatoms. The minimum absolute atomic E-state index is 0.0349. The van der Waals surface area contributed by atoms with Gasteiger partial charge in [-0.2, -0.15) is 16.9 Å². The molecule has 0 saturated heterocycles. The van der Waals surface area contributed by atoms with E-state index in [9.17, 15) is 8.42 Å². The van der Waals surface area contributed by atoms with Gasteiger partial charge in [-0.3, -0.25) is 5.10 Å². The van der Waals surface area contributed by atoms with Crippen molar-refractivity contribution in [3.05, 3.63) is 11.8 Å². The molecule has 1 aliphatic rings. The highest BCUT2D eigenvalue weighted by molar-refractivity contribution is 7.99. The Morgan fingerprint density at radius 2 is 2.30 bits per heavy atom. The van der Waals surface area contributed by atoms with Crippen molar-refractivity contribution >= 4 is 21.8 Å². The zero-order chi connectivity index (χ0) is 14.6. The van der Waals surface area contributed by atoms with Crippen molar-refractivity contribution in [2.45, 2.75) is 49.0 Å². The lowest BCUT2D eigenvalue weighted by Crippen LogP contribution is -2.34. The van der Waals surface area contributed by atoms with Crippen LogP contribution in [0.2, 0.25) is 0 Å². The van der Waals surface area contributed by atoms with Gasteiger partial charge in [0.1, 0.15) is 0 Å². The smallest absolute Gasteiger partial charge is 0.258 e. The summed E-state index contributed by atoms with van der Waals surface area (Å²) in [6, 6.07) is 0.0349. The van der Waals surface area contributed by atoms with Crippen molar-refractivity contribution in [1.29, 1.82) is 0 Å². The molecule has 1 heterocycles. The van der Waals surface area contributed by atoms with Gasteiger partial charge in [0, 0.05) is 23.4 Å². The molecule has 0 amide bonds. The number of sulfonamides is 1. The van der Waals surface area contributed by atoms with E-state index >= 15 is 0 Å². The molecule has 1 aliphatic carbocycles. The van der Waals surface area contributed by atoms with E-state index in [1.54, 1.807) is 6.20 Å². The molecule has 6 nitrogen and oxygen atoms in total.